The molecule has 2 rings (SSSR count). The van der Waals surface area contributed by atoms with Crippen molar-refractivity contribution in [2.24, 2.45) is 17.1 Å². The van der Waals surface area contributed by atoms with E-state index in [0.29, 0.717) is 29.9 Å². The van der Waals surface area contributed by atoms with E-state index in [-0.39, 0.29) is 5.41 Å². The van der Waals surface area contributed by atoms with Gasteiger partial charge in [-0.15, -0.1) is 0 Å². The summed E-state index contributed by atoms with van der Waals surface area (Å²) in [6.07, 6.45) is 5.90. The Kier molecular flexibility index (Phi) is 5.01. The van der Waals surface area contributed by atoms with E-state index in [2.05, 4.69) is 40.9 Å². The van der Waals surface area contributed by atoms with Crippen LogP contribution in [-0.4, -0.2) is 26.7 Å². The minimum absolute atomic E-state index is 0.231. The second-order valence-electron chi connectivity index (χ2n) is 6.29. The van der Waals surface area contributed by atoms with Crippen molar-refractivity contribution in [1.29, 1.82) is 0 Å². The van der Waals surface area contributed by atoms with E-state index in [1.165, 1.54) is 6.33 Å². The first-order chi connectivity index (χ1) is 10.0. The highest BCUT2D eigenvalue weighted by atomic mass is 16.5. The van der Waals surface area contributed by atoms with Gasteiger partial charge in [-0.3, -0.25) is 0 Å². The Morgan fingerprint density at radius 2 is 2.10 bits per heavy atom. The number of aromatic nitrogens is 4. The fraction of sp³-hybridized carbons (Fsp3) is 0.600. The third-order valence-electron chi connectivity index (χ3n) is 3.73. The minimum atomic E-state index is 0.231. The summed E-state index contributed by atoms with van der Waals surface area (Å²) in [6.45, 7) is 7.44. The van der Waals surface area contributed by atoms with E-state index >= 15 is 0 Å². The Labute approximate surface area is 125 Å². The molecule has 6 nitrogen and oxygen atoms in total. The number of rotatable bonds is 6. The molecule has 0 spiro atoms. The van der Waals surface area contributed by atoms with Crippen LogP contribution in [0.3, 0.4) is 0 Å². The normalized spacial score (nSPS) is 13.3. The van der Waals surface area contributed by atoms with Crippen LogP contribution in [0.5, 0.6) is 0 Å². The maximum absolute atomic E-state index is 5.71. The van der Waals surface area contributed by atoms with E-state index in [1.807, 2.05) is 0 Å². The van der Waals surface area contributed by atoms with Crippen LogP contribution in [0, 0.1) is 11.3 Å². The molecular formula is C15H23N5O. The van der Waals surface area contributed by atoms with Gasteiger partial charge in [-0.05, 0) is 36.8 Å². The molecule has 2 N–H and O–H groups in total. The number of nitrogens with two attached hydrogens (primary N) is 1. The third kappa shape index (κ3) is 4.32. The van der Waals surface area contributed by atoms with E-state index in [4.69, 9.17) is 10.3 Å². The maximum Gasteiger partial charge on any atom is 0.227 e. The van der Waals surface area contributed by atoms with E-state index < -0.39 is 0 Å². The number of nitrogens with zero attached hydrogens (tertiary/aromatic N) is 4. The Morgan fingerprint density at radius 3 is 2.71 bits per heavy atom. The molecule has 0 amide bonds. The summed E-state index contributed by atoms with van der Waals surface area (Å²) in [7, 11) is 0. The lowest BCUT2D eigenvalue weighted by Gasteiger charge is -2.30. The molecule has 0 fully saturated rings. The van der Waals surface area contributed by atoms with Crippen LogP contribution < -0.4 is 5.73 Å². The van der Waals surface area contributed by atoms with Crippen molar-refractivity contribution in [3.63, 3.8) is 0 Å². The summed E-state index contributed by atoms with van der Waals surface area (Å²) < 4.78 is 5.31. The van der Waals surface area contributed by atoms with Crippen molar-refractivity contribution in [2.75, 3.05) is 6.54 Å². The molecule has 0 saturated carbocycles. The van der Waals surface area contributed by atoms with Crippen molar-refractivity contribution < 1.29 is 4.52 Å². The monoisotopic (exact) mass is 289 g/mol. The highest BCUT2D eigenvalue weighted by Gasteiger charge is 2.24. The van der Waals surface area contributed by atoms with Gasteiger partial charge in [-0.2, -0.15) is 4.98 Å². The standard InChI is InChI=1S/C15H23N5O/c1-15(2,3)11(6-8-16)4-5-13-19-14(20-21-13)12-7-9-17-10-18-12/h7,9-11H,4-6,8,16H2,1-3H3. The van der Waals surface area contributed by atoms with E-state index in [0.717, 1.165) is 19.3 Å². The van der Waals surface area contributed by atoms with Gasteiger partial charge in [-0.25, -0.2) is 9.97 Å². The fourth-order valence-corrected chi connectivity index (χ4v) is 2.39. The van der Waals surface area contributed by atoms with Gasteiger partial charge in [0.1, 0.15) is 12.0 Å². The molecule has 2 heterocycles. The zero-order valence-electron chi connectivity index (χ0n) is 12.9. The molecule has 1 atom stereocenters. The summed E-state index contributed by atoms with van der Waals surface area (Å²) in [4.78, 5) is 12.4. The average molecular weight is 289 g/mol. The Bertz CT molecular complexity index is 547. The van der Waals surface area contributed by atoms with Crippen molar-refractivity contribution in [3.8, 4) is 11.5 Å². The summed E-state index contributed by atoms with van der Waals surface area (Å²) in [5.41, 5.74) is 6.62. The Hall–Kier alpha value is -1.82. The quantitative estimate of drug-likeness (QED) is 0.878. The number of aryl methyl sites for hydroxylation is 1. The average Bonchev–Trinajstić information content (AvgIpc) is 2.92. The molecule has 2 aromatic rings. The number of hydrogen-bond acceptors (Lipinski definition) is 6. The molecule has 21 heavy (non-hydrogen) atoms. The molecular weight excluding hydrogens is 266 g/mol. The zero-order chi connectivity index (χ0) is 15.3. The molecule has 0 bridgehead atoms. The van der Waals surface area contributed by atoms with Gasteiger partial charge >= 0.3 is 0 Å². The van der Waals surface area contributed by atoms with Gasteiger partial charge < -0.3 is 10.3 Å². The van der Waals surface area contributed by atoms with Crippen LogP contribution in [0.4, 0.5) is 0 Å². The molecule has 0 radical (unpaired) electrons. The van der Waals surface area contributed by atoms with Crippen molar-refractivity contribution >= 4 is 0 Å². The van der Waals surface area contributed by atoms with Gasteiger partial charge in [0.2, 0.25) is 11.7 Å². The summed E-state index contributed by atoms with van der Waals surface area (Å²) in [5.74, 6) is 1.70. The molecule has 6 heteroatoms. The second-order valence-corrected chi connectivity index (χ2v) is 6.29. The Balaban J connectivity index is 1.99. The highest BCUT2D eigenvalue weighted by Crippen LogP contribution is 2.32. The molecule has 0 aliphatic heterocycles. The third-order valence-corrected chi connectivity index (χ3v) is 3.73. The maximum atomic E-state index is 5.71. The molecule has 0 aromatic carbocycles. The lowest BCUT2D eigenvalue weighted by molar-refractivity contribution is 0.208. The molecule has 0 saturated heterocycles. The highest BCUT2D eigenvalue weighted by molar-refractivity contribution is 5.46. The first-order valence-electron chi connectivity index (χ1n) is 7.29. The van der Waals surface area contributed by atoms with Gasteiger partial charge in [0.05, 0.1) is 0 Å². The van der Waals surface area contributed by atoms with E-state index in [1.54, 1.807) is 12.3 Å². The molecule has 114 valence electrons. The summed E-state index contributed by atoms with van der Waals surface area (Å²) in [6, 6.07) is 1.76. The van der Waals surface area contributed by atoms with Crippen molar-refractivity contribution in [1.82, 2.24) is 20.1 Å². The summed E-state index contributed by atoms with van der Waals surface area (Å²) in [5, 5.41) is 3.97. The summed E-state index contributed by atoms with van der Waals surface area (Å²) >= 11 is 0. The molecule has 0 aliphatic carbocycles. The predicted molar refractivity (Wildman–Crippen MR) is 80.3 cm³/mol. The molecule has 2 aromatic heterocycles. The van der Waals surface area contributed by atoms with Gasteiger partial charge in [-0.1, -0.05) is 25.9 Å². The zero-order valence-corrected chi connectivity index (χ0v) is 12.9. The smallest absolute Gasteiger partial charge is 0.227 e. The lowest BCUT2D eigenvalue weighted by atomic mass is 9.76. The van der Waals surface area contributed by atoms with Crippen molar-refractivity contribution in [2.45, 2.75) is 40.0 Å². The topological polar surface area (TPSA) is 90.7 Å². The van der Waals surface area contributed by atoms with Gasteiger partial charge in [0.15, 0.2) is 0 Å². The lowest BCUT2D eigenvalue weighted by Crippen LogP contribution is -2.24. The van der Waals surface area contributed by atoms with Crippen LogP contribution >= 0.6 is 0 Å². The predicted octanol–water partition coefficient (Wildman–Crippen LogP) is 2.47. The van der Waals surface area contributed by atoms with Crippen LogP contribution in [0.2, 0.25) is 0 Å². The van der Waals surface area contributed by atoms with E-state index in [9.17, 15) is 0 Å². The largest absolute Gasteiger partial charge is 0.339 e. The first kappa shape index (κ1) is 15.6. The van der Waals surface area contributed by atoms with Crippen LogP contribution in [0.15, 0.2) is 23.1 Å². The van der Waals surface area contributed by atoms with Crippen LogP contribution in [-0.2, 0) is 6.42 Å². The minimum Gasteiger partial charge on any atom is -0.339 e. The molecule has 0 aliphatic rings. The first-order valence-corrected chi connectivity index (χ1v) is 7.29. The van der Waals surface area contributed by atoms with Crippen molar-refractivity contribution in [3.05, 3.63) is 24.5 Å². The Morgan fingerprint density at radius 1 is 1.29 bits per heavy atom. The SMILES string of the molecule is CC(C)(C)C(CCN)CCc1nc(-c2ccncn2)no1. The van der Waals surface area contributed by atoms with Gasteiger partial charge in [0.25, 0.3) is 0 Å². The van der Waals surface area contributed by atoms with Crippen LogP contribution in [0.25, 0.3) is 11.5 Å². The van der Waals surface area contributed by atoms with Crippen LogP contribution in [0.1, 0.15) is 39.5 Å². The number of hydrogen-bond donors (Lipinski definition) is 1. The fourth-order valence-electron chi connectivity index (χ4n) is 2.39. The second kappa shape index (κ2) is 6.76. The molecule has 1 unspecified atom stereocenters. The van der Waals surface area contributed by atoms with Gasteiger partial charge in [0, 0.05) is 12.6 Å².